The maximum Gasteiger partial charge on any atom is 0.214 e. The second-order valence-electron chi connectivity index (χ2n) is 2.96. The zero-order chi connectivity index (χ0) is 10.8. The van der Waals surface area contributed by atoms with Gasteiger partial charge in [0.2, 0.25) is 4.80 Å². The van der Waals surface area contributed by atoms with Crippen LogP contribution in [0.15, 0.2) is 28.6 Å². The molecule has 2 rings (SSSR count). The molecule has 0 fully saturated rings. The predicted molar refractivity (Wildman–Crippen MR) is 58.7 cm³/mol. The van der Waals surface area contributed by atoms with Crippen molar-refractivity contribution in [2.75, 3.05) is 7.11 Å². The summed E-state index contributed by atoms with van der Waals surface area (Å²) in [5.41, 5.74) is 1.00. The highest BCUT2D eigenvalue weighted by Gasteiger charge is 2.03. The van der Waals surface area contributed by atoms with E-state index in [4.69, 9.17) is 4.74 Å². The molecule has 5 nitrogen and oxygen atoms in total. The molecule has 15 heavy (non-hydrogen) atoms. The van der Waals surface area contributed by atoms with Crippen molar-refractivity contribution < 1.29 is 4.74 Å². The molecule has 0 radical (unpaired) electrons. The minimum absolute atomic E-state index is 0.577. The lowest BCUT2D eigenvalue weighted by Gasteiger charge is -1.98. The van der Waals surface area contributed by atoms with Crippen LogP contribution in [-0.4, -0.2) is 11.7 Å². The Morgan fingerprint density at radius 2 is 2.27 bits per heavy atom. The second-order valence-corrected chi connectivity index (χ2v) is 3.97. The third kappa shape index (κ3) is 1.63. The first-order valence-corrected chi connectivity index (χ1v) is 5.08. The SMILES string of the molecule is COc1ccc2c(c1)sc(=NN=O)n2C. The minimum atomic E-state index is 0.577. The van der Waals surface area contributed by atoms with Gasteiger partial charge in [-0.15, -0.1) is 4.91 Å². The summed E-state index contributed by atoms with van der Waals surface area (Å²) < 4.78 is 7.95. The number of nitroso groups, excluding NO2 is 1. The summed E-state index contributed by atoms with van der Waals surface area (Å²) in [6, 6.07) is 5.70. The monoisotopic (exact) mass is 223 g/mol. The van der Waals surface area contributed by atoms with Crippen molar-refractivity contribution in [3.63, 3.8) is 0 Å². The van der Waals surface area contributed by atoms with Gasteiger partial charge in [0.15, 0.2) is 0 Å². The van der Waals surface area contributed by atoms with Crippen LogP contribution in [0.25, 0.3) is 10.2 Å². The van der Waals surface area contributed by atoms with Gasteiger partial charge in [-0.2, -0.15) is 0 Å². The molecule has 0 saturated carbocycles. The Bertz CT molecular complexity index is 570. The number of aryl methyl sites for hydroxylation is 1. The number of rotatable bonds is 2. The Labute approximate surface area is 89.6 Å². The lowest BCUT2D eigenvalue weighted by atomic mass is 10.3. The van der Waals surface area contributed by atoms with E-state index < -0.39 is 0 Å². The van der Waals surface area contributed by atoms with Crippen LogP contribution in [0.1, 0.15) is 0 Å². The fourth-order valence-electron chi connectivity index (χ4n) is 1.37. The van der Waals surface area contributed by atoms with E-state index in [1.54, 1.807) is 7.11 Å². The maximum absolute atomic E-state index is 10.1. The maximum atomic E-state index is 10.1. The topological polar surface area (TPSA) is 56.0 Å². The third-order valence-corrected chi connectivity index (χ3v) is 3.23. The Kier molecular flexibility index (Phi) is 2.51. The fraction of sp³-hybridized carbons (Fsp3) is 0.222. The molecule has 1 heterocycles. The van der Waals surface area contributed by atoms with Crippen LogP contribution in [0, 0.1) is 4.91 Å². The molecule has 2 aromatic rings. The van der Waals surface area contributed by atoms with E-state index in [0.29, 0.717) is 4.80 Å². The molecule has 78 valence electrons. The number of aromatic nitrogens is 1. The highest BCUT2D eigenvalue weighted by Crippen LogP contribution is 2.22. The molecule has 0 N–H and O–H groups in total. The van der Waals surface area contributed by atoms with Crippen molar-refractivity contribution in [1.29, 1.82) is 0 Å². The van der Waals surface area contributed by atoms with Crippen molar-refractivity contribution in [3.05, 3.63) is 27.9 Å². The average molecular weight is 223 g/mol. The predicted octanol–water partition coefficient (Wildman–Crippen LogP) is 1.83. The molecule has 0 aliphatic heterocycles. The van der Waals surface area contributed by atoms with E-state index in [2.05, 4.69) is 10.4 Å². The summed E-state index contributed by atoms with van der Waals surface area (Å²) >= 11 is 1.40. The van der Waals surface area contributed by atoms with Gasteiger partial charge < -0.3 is 9.30 Å². The molecule has 0 aliphatic rings. The molecule has 0 aliphatic carbocycles. The fourth-order valence-corrected chi connectivity index (χ4v) is 2.36. The second kappa shape index (κ2) is 3.82. The molecule has 1 aromatic heterocycles. The highest BCUT2D eigenvalue weighted by molar-refractivity contribution is 7.16. The standard InChI is InChI=1S/C9H9N3O2S/c1-12-7-4-3-6(14-2)5-8(7)15-9(12)10-11-13/h3-5H,1-2H3. The first-order chi connectivity index (χ1) is 7.26. The molecule has 0 atom stereocenters. The molecule has 6 heteroatoms. The van der Waals surface area contributed by atoms with E-state index in [0.717, 1.165) is 16.0 Å². The molecule has 0 bridgehead atoms. The van der Waals surface area contributed by atoms with Crippen LogP contribution in [0.2, 0.25) is 0 Å². The number of nitrogens with zero attached hydrogens (tertiary/aromatic N) is 3. The van der Waals surface area contributed by atoms with Crippen LogP contribution >= 0.6 is 11.3 Å². The highest BCUT2D eigenvalue weighted by atomic mass is 32.1. The summed E-state index contributed by atoms with van der Waals surface area (Å²) in [6.45, 7) is 0. The number of fused-ring (bicyclic) bond motifs is 1. The summed E-state index contributed by atoms with van der Waals surface area (Å²) in [4.78, 5) is 10.7. The number of methoxy groups -OCH3 is 1. The van der Waals surface area contributed by atoms with Gasteiger partial charge in [0, 0.05) is 7.05 Å². The van der Waals surface area contributed by atoms with Crippen LogP contribution in [0.3, 0.4) is 0 Å². The van der Waals surface area contributed by atoms with Crippen LogP contribution < -0.4 is 9.54 Å². The van der Waals surface area contributed by atoms with Crippen molar-refractivity contribution in [2.24, 2.45) is 17.4 Å². The molecular formula is C9H9N3O2S. The van der Waals surface area contributed by atoms with Crippen molar-refractivity contribution in [2.45, 2.75) is 0 Å². The molecule has 0 unspecified atom stereocenters. The molecule has 1 aromatic carbocycles. The number of thiazole rings is 1. The summed E-state index contributed by atoms with van der Waals surface area (Å²) in [5, 5.41) is 6.05. The normalized spacial score (nSPS) is 12.0. The minimum Gasteiger partial charge on any atom is -0.497 e. The van der Waals surface area contributed by atoms with Crippen molar-refractivity contribution >= 4 is 21.6 Å². The zero-order valence-corrected chi connectivity index (χ0v) is 9.11. The van der Waals surface area contributed by atoms with Gasteiger partial charge in [-0.05, 0) is 18.2 Å². The Morgan fingerprint density at radius 3 is 2.93 bits per heavy atom. The van der Waals surface area contributed by atoms with E-state index in [1.807, 2.05) is 29.8 Å². The van der Waals surface area contributed by atoms with Gasteiger partial charge in [-0.25, -0.2) is 0 Å². The number of hydrogen-bond donors (Lipinski definition) is 0. The molecule has 0 amide bonds. The van der Waals surface area contributed by atoms with Crippen LogP contribution in [0.4, 0.5) is 0 Å². The molecular weight excluding hydrogens is 214 g/mol. The van der Waals surface area contributed by atoms with E-state index in [-0.39, 0.29) is 0 Å². The smallest absolute Gasteiger partial charge is 0.214 e. The van der Waals surface area contributed by atoms with Gasteiger partial charge in [-0.3, -0.25) is 0 Å². The van der Waals surface area contributed by atoms with Crippen molar-refractivity contribution in [3.8, 4) is 5.75 Å². The van der Waals surface area contributed by atoms with Gasteiger partial charge in [0.25, 0.3) is 0 Å². The van der Waals surface area contributed by atoms with Crippen LogP contribution in [-0.2, 0) is 7.05 Å². The van der Waals surface area contributed by atoms with Gasteiger partial charge in [0.1, 0.15) is 5.75 Å². The van der Waals surface area contributed by atoms with Gasteiger partial charge in [-0.1, -0.05) is 16.4 Å². The van der Waals surface area contributed by atoms with E-state index >= 15 is 0 Å². The first kappa shape index (κ1) is 9.85. The number of hydrogen-bond acceptors (Lipinski definition) is 4. The van der Waals surface area contributed by atoms with Crippen LogP contribution in [0.5, 0.6) is 5.75 Å². The Hall–Kier alpha value is -1.69. The number of benzene rings is 1. The van der Waals surface area contributed by atoms with Gasteiger partial charge >= 0.3 is 0 Å². The average Bonchev–Trinajstić information content (AvgIpc) is 2.56. The molecule has 0 saturated heterocycles. The molecule has 0 spiro atoms. The lowest BCUT2D eigenvalue weighted by molar-refractivity contribution is 0.415. The number of ether oxygens (including phenoxy) is 1. The zero-order valence-electron chi connectivity index (χ0n) is 8.30. The quantitative estimate of drug-likeness (QED) is 0.576. The largest absolute Gasteiger partial charge is 0.497 e. The van der Waals surface area contributed by atoms with Gasteiger partial charge in [0.05, 0.1) is 22.6 Å². The first-order valence-electron chi connectivity index (χ1n) is 4.26. The summed E-state index contributed by atoms with van der Waals surface area (Å²) in [6.07, 6.45) is 0. The summed E-state index contributed by atoms with van der Waals surface area (Å²) in [7, 11) is 3.46. The Morgan fingerprint density at radius 1 is 1.47 bits per heavy atom. The third-order valence-electron chi connectivity index (χ3n) is 2.14. The van der Waals surface area contributed by atoms with E-state index in [1.165, 1.54) is 11.3 Å². The summed E-state index contributed by atoms with van der Waals surface area (Å²) in [5.74, 6) is 0.787. The Balaban J connectivity index is 2.76. The van der Waals surface area contributed by atoms with E-state index in [9.17, 15) is 4.91 Å². The van der Waals surface area contributed by atoms with Crippen molar-refractivity contribution in [1.82, 2.24) is 4.57 Å². The lowest BCUT2D eigenvalue weighted by Crippen LogP contribution is -2.08.